The normalized spacial score (nSPS) is 12.3. The molecule has 1 aromatic carbocycles. The Labute approximate surface area is 185 Å². The number of aromatic nitrogens is 5. The standard InChI is InChI=1S/C22H23F2N7O.H2/c1-14(16-6-5-15(23)11-18(16)24)27-20-12-19(28-22(29-20)32-10-9-30(2)3)17-13-26-31-8-4-7-25-21(17)31;/h4-8,11-14H,9-10H2,1-3H3,(H,27,28,29);1H/t14-;/m0./s1. The molecule has 10 heteroatoms. The van der Waals surface area contributed by atoms with Gasteiger partial charge in [0.2, 0.25) is 0 Å². The maximum atomic E-state index is 14.2. The third-order valence-electron chi connectivity index (χ3n) is 4.82. The van der Waals surface area contributed by atoms with Gasteiger partial charge < -0.3 is 15.0 Å². The largest absolute Gasteiger partial charge is 0.462 e. The molecule has 0 radical (unpaired) electrons. The smallest absolute Gasteiger partial charge is 0.318 e. The molecule has 0 aliphatic carbocycles. The van der Waals surface area contributed by atoms with Crippen molar-refractivity contribution in [1.29, 1.82) is 0 Å². The predicted octanol–water partition coefficient (Wildman–Crippen LogP) is 3.82. The van der Waals surface area contributed by atoms with Crippen LogP contribution < -0.4 is 10.1 Å². The molecule has 4 rings (SSSR count). The summed E-state index contributed by atoms with van der Waals surface area (Å²) in [6, 6.07) is 6.70. The number of halogens is 2. The van der Waals surface area contributed by atoms with Gasteiger partial charge in [-0.05, 0) is 33.2 Å². The molecule has 3 heterocycles. The number of hydrogen-bond acceptors (Lipinski definition) is 7. The zero-order valence-corrected chi connectivity index (χ0v) is 18.0. The quantitative estimate of drug-likeness (QED) is 0.445. The van der Waals surface area contributed by atoms with E-state index in [-0.39, 0.29) is 7.44 Å². The zero-order valence-electron chi connectivity index (χ0n) is 18.0. The number of nitrogens with one attached hydrogen (secondary N) is 1. The highest BCUT2D eigenvalue weighted by Crippen LogP contribution is 2.28. The van der Waals surface area contributed by atoms with Gasteiger partial charge in [0.05, 0.1) is 23.5 Å². The second-order valence-corrected chi connectivity index (χ2v) is 7.55. The molecule has 0 saturated carbocycles. The minimum absolute atomic E-state index is 0. The highest BCUT2D eigenvalue weighted by Gasteiger charge is 2.17. The number of fused-ring (bicyclic) bond motifs is 1. The number of ether oxygens (including phenoxy) is 1. The van der Waals surface area contributed by atoms with Crippen LogP contribution in [0.2, 0.25) is 0 Å². The molecule has 0 amide bonds. The van der Waals surface area contributed by atoms with E-state index in [2.05, 4.69) is 25.4 Å². The lowest BCUT2D eigenvalue weighted by Crippen LogP contribution is -2.20. The topological polar surface area (TPSA) is 80.5 Å². The van der Waals surface area contributed by atoms with Gasteiger partial charge in [-0.25, -0.2) is 18.3 Å². The van der Waals surface area contributed by atoms with Crippen molar-refractivity contribution in [2.45, 2.75) is 13.0 Å². The Morgan fingerprint density at radius 3 is 2.84 bits per heavy atom. The number of hydrogen-bond donors (Lipinski definition) is 1. The minimum atomic E-state index is -0.631. The minimum Gasteiger partial charge on any atom is -0.462 e. The third kappa shape index (κ3) is 4.80. The van der Waals surface area contributed by atoms with Crippen molar-refractivity contribution in [2.24, 2.45) is 0 Å². The van der Waals surface area contributed by atoms with Crippen LogP contribution in [-0.4, -0.2) is 56.7 Å². The van der Waals surface area contributed by atoms with E-state index in [9.17, 15) is 8.78 Å². The van der Waals surface area contributed by atoms with Gasteiger partial charge in [-0.3, -0.25) is 0 Å². The van der Waals surface area contributed by atoms with Crippen LogP contribution in [0.15, 0.2) is 48.9 Å². The monoisotopic (exact) mass is 441 g/mol. The molecule has 0 aliphatic rings. The van der Waals surface area contributed by atoms with Crippen molar-refractivity contribution in [3.8, 4) is 17.3 Å². The van der Waals surface area contributed by atoms with E-state index in [0.717, 1.165) is 6.07 Å². The van der Waals surface area contributed by atoms with Gasteiger partial charge >= 0.3 is 6.01 Å². The van der Waals surface area contributed by atoms with Gasteiger partial charge in [-0.1, -0.05) is 6.07 Å². The van der Waals surface area contributed by atoms with Crippen LogP contribution in [0.5, 0.6) is 6.01 Å². The summed E-state index contributed by atoms with van der Waals surface area (Å²) in [6.07, 6.45) is 5.13. The molecule has 0 saturated heterocycles. The first-order chi connectivity index (χ1) is 15.4. The number of rotatable bonds is 8. The van der Waals surface area contributed by atoms with Gasteiger partial charge in [0.15, 0.2) is 5.65 Å². The molecule has 0 bridgehead atoms. The van der Waals surface area contributed by atoms with Crippen molar-refractivity contribution in [3.63, 3.8) is 0 Å². The van der Waals surface area contributed by atoms with Crippen LogP contribution in [0.1, 0.15) is 20.0 Å². The van der Waals surface area contributed by atoms with Crippen molar-refractivity contribution >= 4 is 11.5 Å². The molecular formula is C22H25F2N7O. The molecule has 0 spiro atoms. The predicted molar refractivity (Wildman–Crippen MR) is 119 cm³/mol. The van der Waals surface area contributed by atoms with E-state index >= 15 is 0 Å². The fraction of sp³-hybridized carbons (Fsp3) is 0.273. The number of anilines is 1. The molecule has 0 aliphatic heterocycles. The summed E-state index contributed by atoms with van der Waals surface area (Å²) in [5.41, 5.74) is 2.21. The summed E-state index contributed by atoms with van der Waals surface area (Å²) < 4.78 is 34.9. The molecule has 1 atom stereocenters. The van der Waals surface area contributed by atoms with E-state index in [0.29, 0.717) is 41.4 Å². The first-order valence-corrected chi connectivity index (χ1v) is 10.1. The first-order valence-electron chi connectivity index (χ1n) is 10.1. The zero-order chi connectivity index (χ0) is 22.7. The van der Waals surface area contributed by atoms with Crippen LogP contribution in [-0.2, 0) is 0 Å². The molecule has 3 aromatic heterocycles. The Kier molecular flexibility index (Phi) is 6.22. The van der Waals surface area contributed by atoms with Crippen molar-refractivity contribution in [1.82, 2.24) is 29.5 Å². The lowest BCUT2D eigenvalue weighted by molar-refractivity contribution is 0.246. The van der Waals surface area contributed by atoms with E-state index in [1.165, 1.54) is 12.1 Å². The number of nitrogens with zero attached hydrogens (tertiary/aromatic N) is 6. The van der Waals surface area contributed by atoms with Gasteiger partial charge in [0, 0.05) is 38.1 Å². The summed E-state index contributed by atoms with van der Waals surface area (Å²) in [5, 5.41) is 7.47. The van der Waals surface area contributed by atoms with Gasteiger partial charge in [-0.15, -0.1) is 0 Å². The Morgan fingerprint density at radius 2 is 2.06 bits per heavy atom. The van der Waals surface area contributed by atoms with Crippen LogP contribution in [0.3, 0.4) is 0 Å². The summed E-state index contributed by atoms with van der Waals surface area (Å²) in [6.45, 7) is 2.85. The van der Waals surface area contributed by atoms with E-state index in [1.54, 1.807) is 42.2 Å². The van der Waals surface area contributed by atoms with Crippen molar-refractivity contribution < 1.29 is 14.9 Å². The first kappa shape index (κ1) is 21.6. The molecule has 4 aromatic rings. The highest BCUT2D eigenvalue weighted by molar-refractivity contribution is 5.75. The van der Waals surface area contributed by atoms with Crippen molar-refractivity contribution in [3.05, 3.63) is 66.1 Å². The lowest BCUT2D eigenvalue weighted by atomic mass is 10.1. The number of likely N-dealkylation sites (N-methyl/N-ethyl adjacent to an activating group) is 1. The Balaban J connectivity index is 0.00000306. The summed E-state index contributed by atoms with van der Waals surface area (Å²) >= 11 is 0. The van der Waals surface area contributed by atoms with E-state index < -0.39 is 17.7 Å². The SMILES string of the molecule is C[C@H](Nc1cc(-c2cnn3cccnc23)nc(OCCN(C)C)n1)c1ccc(F)cc1F.[HH]. The summed E-state index contributed by atoms with van der Waals surface area (Å²) in [7, 11) is 3.88. The molecule has 168 valence electrons. The van der Waals surface area contributed by atoms with Gasteiger partial charge in [0.1, 0.15) is 24.1 Å². The van der Waals surface area contributed by atoms with Gasteiger partial charge in [0.25, 0.3) is 0 Å². The maximum absolute atomic E-state index is 14.2. The average molecular weight is 441 g/mol. The molecular weight excluding hydrogens is 416 g/mol. The summed E-state index contributed by atoms with van der Waals surface area (Å²) in [4.78, 5) is 15.3. The lowest BCUT2D eigenvalue weighted by Gasteiger charge is -2.17. The molecule has 0 unspecified atom stereocenters. The van der Waals surface area contributed by atoms with E-state index in [1.807, 2.05) is 19.0 Å². The second kappa shape index (κ2) is 9.23. The maximum Gasteiger partial charge on any atom is 0.318 e. The van der Waals surface area contributed by atoms with Crippen LogP contribution in [0, 0.1) is 11.6 Å². The van der Waals surface area contributed by atoms with Crippen molar-refractivity contribution in [2.75, 3.05) is 32.6 Å². The van der Waals surface area contributed by atoms with Gasteiger partial charge in [-0.2, -0.15) is 15.1 Å². The van der Waals surface area contributed by atoms with Crippen LogP contribution in [0.4, 0.5) is 14.6 Å². The Hall–Kier alpha value is -3.66. The Bertz CT molecular complexity index is 1230. The van der Waals surface area contributed by atoms with Crippen LogP contribution >= 0.6 is 0 Å². The number of benzene rings is 1. The Morgan fingerprint density at radius 1 is 1.22 bits per heavy atom. The fourth-order valence-corrected chi connectivity index (χ4v) is 3.18. The average Bonchev–Trinajstić information content (AvgIpc) is 3.17. The van der Waals surface area contributed by atoms with Crippen LogP contribution in [0.25, 0.3) is 16.9 Å². The van der Waals surface area contributed by atoms with E-state index in [4.69, 9.17) is 4.74 Å². The molecule has 0 fully saturated rings. The molecule has 1 N–H and O–H groups in total. The highest BCUT2D eigenvalue weighted by atomic mass is 19.1. The second-order valence-electron chi connectivity index (χ2n) is 7.55. The molecule has 8 nitrogen and oxygen atoms in total. The third-order valence-corrected chi connectivity index (χ3v) is 4.82. The summed E-state index contributed by atoms with van der Waals surface area (Å²) in [5.74, 6) is -0.824. The fourth-order valence-electron chi connectivity index (χ4n) is 3.18. The molecule has 32 heavy (non-hydrogen) atoms.